The molecule has 2 aliphatic heterocycles. The maximum absolute atomic E-state index is 15.8. The molecule has 3 aromatic rings. The Bertz CT molecular complexity index is 1490. The van der Waals surface area contributed by atoms with Gasteiger partial charge in [-0.2, -0.15) is 0 Å². The first-order valence-corrected chi connectivity index (χ1v) is 14.0. The Morgan fingerprint density at radius 1 is 1.10 bits per heavy atom. The lowest BCUT2D eigenvalue weighted by Gasteiger charge is -2.44. The maximum atomic E-state index is 15.8. The van der Waals surface area contributed by atoms with E-state index in [-0.39, 0.29) is 35.0 Å². The topological polar surface area (TPSA) is 93.8 Å². The summed E-state index contributed by atoms with van der Waals surface area (Å²) in [5, 5.41) is 2.73. The molecule has 5 rings (SSSR count). The lowest BCUT2D eigenvalue weighted by Crippen LogP contribution is -2.55. The molecule has 224 valence electrons. The number of nitrogens with one attached hydrogen (secondary N) is 2. The molecule has 0 aliphatic carbocycles. The lowest BCUT2D eigenvalue weighted by atomic mass is 10.0. The number of morpholine rings is 1. The molecule has 1 amide bonds. The number of carbonyl (C=O) groups excluding carboxylic acids is 1. The predicted octanol–water partition coefficient (Wildman–Crippen LogP) is 4.52. The van der Waals surface area contributed by atoms with Crippen LogP contribution in [-0.2, 0) is 4.74 Å². The number of nitrogens with zero attached hydrogens (tertiary/aromatic N) is 4. The molecule has 2 fully saturated rings. The van der Waals surface area contributed by atoms with E-state index >= 15 is 4.39 Å². The number of hydrogen-bond acceptors (Lipinski definition) is 7. The van der Waals surface area contributed by atoms with Crippen molar-refractivity contribution in [3.05, 3.63) is 70.0 Å². The van der Waals surface area contributed by atoms with Crippen molar-refractivity contribution < 1.29 is 22.7 Å². The Hall–Kier alpha value is -3.90. The van der Waals surface area contributed by atoms with E-state index in [1.165, 1.54) is 12.1 Å². The van der Waals surface area contributed by atoms with Gasteiger partial charge < -0.3 is 24.8 Å². The average Bonchev–Trinajstić information content (AvgIpc) is 2.96. The SMILES string of the molecule is CC1CN(c2ccc(-c3cc(NC(=O)c4c[nH]c(=O)cc4C(F)F)c(N4C[C@@H](C)N(C)[C@@H](C)C4)cc3F)cn2)CCO1. The van der Waals surface area contributed by atoms with Crippen LogP contribution in [0.25, 0.3) is 11.1 Å². The number of carbonyl (C=O) groups is 1. The van der Waals surface area contributed by atoms with Crippen molar-refractivity contribution in [1.29, 1.82) is 0 Å². The average molecular weight is 585 g/mol. The molecule has 2 saturated heterocycles. The molecule has 0 spiro atoms. The van der Waals surface area contributed by atoms with Crippen molar-refractivity contribution in [1.82, 2.24) is 14.9 Å². The van der Waals surface area contributed by atoms with E-state index < -0.39 is 29.3 Å². The predicted molar refractivity (Wildman–Crippen MR) is 156 cm³/mol. The zero-order valence-corrected chi connectivity index (χ0v) is 24.0. The molecule has 0 saturated carbocycles. The van der Waals surface area contributed by atoms with Gasteiger partial charge >= 0.3 is 0 Å². The number of aromatic nitrogens is 2. The number of likely N-dealkylation sites (N-methyl/N-ethyl adjacent to an activating group) is 1. The molecule has 1 unspecified atom stereocenters. The zero-order chi connectivity index (χ0) is 30.1. The number of aromatic amines is 1. The molecule has 0 radical (unpaired) electrons. The molecule has 9 nitrogen and oxygen atoms in total. The zero-order valence-electron chi connectivity index (χ0n) is 24.0. The molecule has 4 heterocycles. The summed E-state index contributed by atoms with van der Waals surface area (Å²) in [6, 6.07) is 7.46. The van der Waals surface area contributed by atoms with E-state index in [0.717, 1.165) is 12.0 Å². The van der Waals surface area contributed by atoms with Gasteiger partial charge in [-0.15, -0.1) is 0 Å². The van der Waals surface area contributed by atoms with E-state index in [1.807, 2.05) is 24.9 Å². The fraction of sp³-hybridized carbons (Fsp3) is 0.433. The molecule has 2 aromatic heterocycles. The summed E-state index contributed by atoms with van der Waals surface area (Å²) in [4.78, 5) is 38.2. The van der Waals surface area contributed by atoms with Crippen LogP contribution in [0.3, 0.4) is 0 Å². The van der Waals surface area contributed by atoms with Gasteiger partial charge in [-0.1, -0.05) is 0 Å². The molecule has 2 N–H and O–H groups in total. The second-order valence-electron chi connectivity index (χ2n) is 11.1. The molecular formula is C30H35F3N6O3. The van der Waals surface area contributed by atoms with Gasteiger partial charge in [0.25, 0.3) is 12.3 Å². The normalized spacial score (nSPS) is 21.6. The first kappa shape index (κ1) is 29.6. The summed E-state index contributed by atoms with van der Waals surface area (Å²) >= 11 is 0. The van der Waals surface area contributed by atoms with E-state index in [9.17, 15) is 18.4 Å². The summed E-state index contributed by atoms with van der Waals surface area (Å²) in [5.74, 6) is -0.600. The number of pyridine rings is 2. The minimum atomic E-state index is -3.03. The Labute approximate surface area is 242 Å². The second kappa shape index (κ2) is 12.1. The van der Waals surface area contributed by atoms with Crippen LogP contribution in [0.2, 0.25) is 0 Å². The number of ether oxygens (including phenoxy) is 1. The van der Waals surface area contributed by atoms with E-state index in [4.69, 9.17) is 4.74 Å². The molecule has 42 heavy (non-hydrogen) atoms. The third-order valence-corrected chi connectivity index (χ3v) is 8.09. The Morgan fingerprint density at radius 3 is 2.48 bits per heavy atom. The van der Waals surface area contributed by atoms with Crippen LogP contribution in [0.4, 0.5) is 30.4 Å². The number of halogens is 3. The molecule has 2 aliphatic rings. The van der Waals surface area contributed by atoms with Crippen LogP contribution < -0.4 is 20.7 Å². The van der Waals surface area contributed by atoms with Crippen molar-refractivity contribution in [2.45, 2.75) is 45.4 Å². The van der Waals surface area contributed by atoms with Gasteiger partial charge in [0.1, 0.15) is 11.6 Å². The maximum Gasteiger partial charge on any atom is 0.264 e. The van der Waals surface area contributed by atoms with Crippen molar-refractivity contribution in [2.24, 2.45) is 0 Å². The highest BCUT2D eigenvalue weighted by Gasteiger charge is 2.30. The van der Waals surface area contributed by atoms with Crippen LogP contribution in [0, 0.1) is 5.82 Å². The minimum Gasteiger partial charge on any atom is -0.375 e. The number of rotatable bonds is 6. The van der Waals surface area contributed by atoms with Crippen LogP contribution in [0.5, 0.6) is 0 Å². The van der Waals surface area contributed by atoms with Gasteiger partial charge in [0, 0.05) is 73.4 Å². The van der Waals surface area contributed by atoms with Gasteiger partial charge in [0.05, 0.1) is 29.6 Å². The largest absolute Gasteiger partial charge is 0.375 e. The quantitative estimate of drug-likeness (QED) is 0.440. The summed E-state index contributed by atoms with van der Waals surface area (Å²) in [6.45, 7) is 9.23. The summed E-state index contributed by atoms with van der Waals surface area (Å²) in [7, 11) is 2.02. The highest BCUT2D eigenvalue weighted by atomic mass is 19.3. The fourth-order valence-electron chi connectivity index (χ4n) is 5.56. The van der Waals surface area contributed by atoms with Crippen molar-refractivity contribution in [3.63, 3.8) is 0 Å². The standard InChI is InChI=1S/C30H35F3N6O3/c1-17-14-39(15-18(2)37(17)4)26-11-24(31)21(20-5-6-27(34-12-20)38-7-8-42-19(3)16-38)9-25(26)36-30(41)23-13-35-28(40)10-22(23)29(32)33/h5-6,9-13,17-19,29H,7-8,14-16H2,1-4H3,(H,35,40)(H,36,41)/t17-,18+,19?. The van der Waals surface area contributed by atoms with Gasteiger partial charge in [0.2, 0.25) is 5.56 Å². The number of alkyl halides is 2. The first-order valence-electron chi connectivity index (χ1n) is 14.0. The number of benzene rings is 1. The third kappa shape index (κ3) is 6.14. The number of piperazine rings is 1. The van der Waals surface area contributed by atoms with Crippen molar-refractivity contribution >= 4 is 23.1 Å². The Morgan fingerprint density at radius 2 is 1.83 bits per heavy atom. The summed E-state index contributed by atoms with van der Waals surface area (Å²) in [6.07, 6.45) is -0.409. The van der Waals surface area contributed by atoms with Gasteiger partial charge in [-0.3, -0.25) is 14.5 Å². The highest BCUT2D eigenvalue weighted by molar-refractivity contribution is 6.07. The number of anilines is 3. The number of H-pyrrole nitrogens is 1. The smallest absolute Gasteiger partial charge is 0.264 e. The summed E-state index contributed by atoms with van der Waals surface area (Å²) < 4.78 is 48.8. The van der Waals surface area contributed by atoms with Crippen LogP contribution in [0.15, 0.2) is 47.5 Å². The second-order valence-corrected chi connectivity index (χ2v) is 11.1. The Balaban J connectivity index is 1.53. The highest BCUT2D eigenvalue weighted by Crippen LogP contribution is 2.37. The van der Waals surface area contributed by atoms with Gasteiger partial charge in [-0.05, 0) is 52.1 Å². The van der Waals surface area contributed by atoms with Crippen LogP contribution >= 0.6 is 0 Å². The van der Waals surface area contributed by atoms with Crippen molar-refractivity contribution in [3.8, 4) is 11.1 Å². The molecule has 3 atom stereocenters. The minimum absolute atomic E-state index is 0.0735. The Kier molecular flexibility index (Phi) is 8.55. The van der Waals surface area contributed by atoms with Crippen LogP contribution in [-0.4, -0.2) is 78.8 Å². The van der Waals surface area contributed by atoms with E-state index in [0.29, 0.717) is 50.1 Å². The van der Waals surface area contributed by atoms with Gasteiger partial charge in [-0.25, -0.2) is 18.2 Å². The third-order valence-electron chi connectivity index (χ3n) is 8.09. The number of amides is 1. The van der Waals surface area contributed by atoms with E-state index in [1.54, 1.807) is 12.3 Å². The first-order chi connectivity index (χ1) is 20.0. The molecular weight excluding hydrogens is 549 g/mol. The van der Waals surface area contributed by atoms with Crippen molar-refractivity contribution in [2.75, 3.05) is 55.0 Å². The number of hydrogen-bond donors (Lipinski definition) is 2. The fourth-order valence-corrected chi connectivity index (χ4v) is 5.56. The molecule has 1 aromatic carbocycles. The molecule has 0 bridgehead atoms. The monoisotopic (exact) mass is 584 g/mol. The van der Waals surface area contributed by atoms with E-state index in [2.05, 4.69) is 38.9 Å². The van der Waals surface area contributed by atoms with Gasteiger partial charge in [0.15, 0.2) is 0 Å². The molecule has 12 heteroatoms. The van der Waals surface area contributed by atoms with Crippen LogP contribution in [0.1, 0.15) is 43.1 Å². The summed E-state index contributed by atoms with van der Waals surface area (Å²) in [5.41, 5.74) is -0.392. The lowest BCUT2D eigenvalue weighted by molar-refractivity contribution is 0.0529.